The highest BCUT2D eigenvalue weighted by Crippen LogP contribution is 2.35. The topological polar surface area (TPSA) is 48.9 Å². The third-order valence-electron chi connectivity index (χ3n) is 2.34. The van der Waals surface area contributed by atoms with Gasteiger partial charge in [0.1, 0.15) is 0 Å². The summed E-state index contributed by atoms with van der Waals surface area (Å²) >= 11 is 0. The molecule has 11 heavy (non-hydrogen) atoms. The Morgan fingerprint density at radius 1 is 1.64 bits per heavy atom. The van der Waals surface area contributed by atoms with E-state index in [1.807, 2.05) is 6.07 Å². The average molecular weight is 152 g/mol. The van der Waals surface area contributed by atoms with Crippen LogP contribution in [0.1, 0.15) is 36.6 Å². The van der Waals surface area contributed by atoms with Gasteiger partial charge in [0.15, 0.2) is 0 Å². The average Bonchev–Trinajstić information content (AvgIpc) is 2.32. The molecule has 1 aromatic rings. The molecule has 0 spiro atoms. The lowest BCUT2D eigenvalue weighted by Gasteiger charge is -2.22. The van der Waals surface area contributed by atoms with Crippen LogP contribution in [-0.2, 0) is 6.61 Å². The van der Waals surface area contributed by atoms with Crippen molar-refractivity contribution in [1.82, 2.24) is 10.2 Å². The van der Waals surface area contributed by atoms with Crippen molar-refractivity contribution in [2.45, 2.75) is 31.8 Å². The molecule has 1 saturated carbocycles. The summed E-state index contributed by atoms with van der Waals surface area (Å²) in [7, 11) is 0. The van der Waals surface area contributed by atoms with Gasteiger partial charge in [-0.1, -0.05) is 6.42 Å². The van der Waals surface area contributed by atoms with Gasteiger partial charge in [0.05, 0.1) is 18.0 Å². The molecular weight excluding hydrogens is 140 g/mol. The Labute approximate surface area is 65.4 Å². The fraction of sp³-hybridized carbons (Fsp3) is 0.625. The first kappa shape index (κ1) is 6.85. The van der Waals surface area contributed by atoms with Crippen LogP contribution in [0, 0.1) is 0 Å². The van der Waals surface area contributed by atoms with E-state index in [1.54, 1.807) is 0 Å². The largest absolute Gasteiger partial charge is 0.390 e. The minimum absolute atomic E-state index is 0.0692. The van der Waals surface area contributed by atoms with Crippen molar-refractivity contribution in [2.75, 3.05) is 0 Å². The minimum atomic E-state index is 0.0692. The molecule has 2 N–H and O–H groups in total. The SMILES string of the molecule is OCc1cc(C2CCC2)n[nH]1. The van der Waals surface area contributed by atoms with E-state index in [9.17, 15) is 0 Å². The first-order valence-corrected chi connectivity index (χ1v) is 4.05. The van der Waals surface area contributed by atoms with E-state index in [1.165, 1.54) is 19.3 Å². The summed E-state index contributed by atoms with van der Waals surface area (Å²) in [5.41, 5.74) is 1.95. The highest BCUT2D eigenvalue weighted by atomic mass is 16.3. The van der Waals surface area contributed by atoms with Gasteiger partial charge in [-0.15, -0.1) is 0 Å². The second-order valence-corrected chi connectivity index (χ2v) is 3.10. The summed E-state index contributed by atoms with van der Waals surface area (Å²) < 4.78 is 0. The molecule has 0 radical (unpaired) electrons. The molecule has 0 bridgehead atoms. The monoisotopic (exact) mass is 152 g/mol. The maximum absolute atomic E-state index is 8.75. The summed E-state index contributed by atoms with van der Waals surface area (Å²) in [5, 5.41) is 15.7. The molecule has 3 nitrogen and oxygen atoms in total. The molecule has 0 unspecified atom stereocenters. The van der Waals surface area contributed by atoms with Gasteiger partial charge in [-0.05, 0) is 18.9 Å². The molecule has 0 atom stereocenters. The molecule has 1 aliphatic rings. The van der Waals surface area contributed by atoms with Crippen molar-refractivity contribution in [3.05, 3.63) is 17.5 Å². The van der Waals surface area contributed by atoms with Crippen molar-refractivity contribution >= 4 is 0 Å². The number of hydrogen-bond donors (Lipinski definition) is 2. The number of nitrogens with one attached hydrogen (secondary N) is 1. The smallest absolute Gasteiger partial charge is 0.0847 e. The van der Waals surface area contributed by atoms with Crippen molar-refractivity contribution in [3.8, 4) is 0 Å². The number of aliphatic hydroxyl groups is 1. The first-order chi connectivity index (χ1) is 5.40. The maximum Gasteiger partial charge on any atom is 0.0847 e. The van der Waals surface area contributed by atoms with Gasteiger partial charge in [0, 0.05) is 5.92 Å². The van der Waals surface area contributed by atoms with Gasteiger partial charge < -0.3 is 5.11 Å². The van der Waals surface area contributed by atoms with Gasteiger partial charge in [-0.2, -0.15) is 5.10 Å². The van der Waals surface area contributed by atoms with E-state index in [-0.39, 0.29) is 6.61 Å². The van der Waals surface area contributed by atoms with E-state index >= 15 is 0 Å². The van der Waals surface area contributed by atoms with Gasteiger partial charge in [-0.3, -0.25) is 5.10 Å². The second kappa shape index (κ2) is 2.66. The summed E-state index contributed by atoms with van der Waals surface area (Å²) in [4.78, 5) is 0. The van der Waals surface area contributed by atoms with Crippen LogP contribution in [0.2, 0.25) is 0 Å². The number of hydrogen-bond acceptors (Lipinski definition) is 2. The normalized spacial score (nSPS) is 18.3. The summed E-state index contributed by atoms with van der Waals surface area (Å²) in [5.74, 6) is 0.659. The van der Waals surface area contributed by atoms with Gasteiger partial charge in [-0.25, -0.2) is 0 Å². The molecule has 3 heteroatoms. The molecule has 0 amide bonds. The van der Waals surface area contributed by atoms with Crippen LogP contribution >= 0.6 is 0 Å². The Kier molecular flexibility index (Phi) is 1.66. The number of aromatic amines is 1. The molecule has 2 rings (SSSR count). The number of aliphatic hydroxyl groups excluding tert-OH is 1. The fourth-order valence-electron chi connectivity index (χ4n) is 1.37. The van der Waals surface area contributed by atoms with Crippen LogP contribution in [0.4, 0.5) is 0 Å². The highest BCUT2D eigenvalue weighted by Gasteiger charge is 2.21. The number of aromatic nitrogens is 2. The number of nitrogens with zero attached hydrogens (tertiary/aromatic N) is 1. The maximum atomic E-state index is 8.75. The van der Waals surface area contributed by atoms with Crippen molar-refractivity contribution in [2.24, 2.45) is 0 Å². The molecule has 1 aromatic heterocycles. The predicted octanol–water partition coefficient (Wildman–Crippen LogP) is 1.17. The minimum Gasteiger partial charge on any atom is -0.390 e. The lowest BCUT2D eigenvalue weighted by Crippen LogP contribution is -2.08. The number of H-pyrrole nitrogens is 1. The standard InChI is InChI=1S/C8H12N2O/c11-5-7-4-8(10-9-7)6-2-1-3-6/h4,6,11H,1-3,5H2,(H,9,10). The first-order valence-electron chi connectivity index (χ1n) is 4.05. The third-order valence-corrected chi connectivity index (χ3v) is 2.34. The van der Waals surface area contributed by atoms with Gasteiger partial charge in [0.2, 0.25) is 0 Å². The van der Waals surface area contributed by atoms with Crippen LogP contribution in [0.5, 0.6) is 0 Å². The third kappa shape index (κ3) is 1.16. The predicted molar refractivity (Wildman–Crippen MR) is 41.1 cm³/mol. The van der Waals surface area contributed by atoms with Gasteiger partial charge in [0.25, 0.3) is 0 Å². The summed E-state index contributed by atoms with van der Waals surface area (Å²) in [6, 6.07) is 1.96. The fourth-order valence-corrected chi connectivity index (χ4v) is 1.37. The Hall–Kier alpha value is -0.830. The van der Waals surface area contributed by atoms with Crippen molar-refractivity contribution < 1.29 is 5.11 Å². The lowest BCUT2D eigenvalue weighted by atomic mass is 9.83. The van der Waals surface area contributed by atoms with Crippen molar-refractivity contribution in [1.29, 1.82) is 0 Å². The molecule has 1 fully saturated rings. The molecule has 0 saturated heterocycles. The van der Waals surface area contributed by atoms with Crippen LogP contribution < -0.4 is 0 Å². The summed E-state index contributed by atoms with van der Waals surface area (Å²) in [6.07, 6.45) is 3.84. The molecule has 0 aliphatic heterocycles. The van der Waals surface area contributed by atoms with Gasteiger partial charge >= 0.3 is 0 Å². The van der Waals surface area contributed by atoms with E-state index < -0.39 is 0 Å². The van der Waals surface area contributed by atoms with E-state index in [2.05, 4.69) is 10.2 Å². The molecule has 60 valence electrons. The Balaban J connectivity index is 2.11. The Morgan fingerprint density at radius 2 is 2.45 bits per heavy atom. The molecular formula is C8H12N2O. The second-order valence-electron chi connectivity index (χ2n) is 3.10. The molecule has 1 aliphatic carbocycles. The lowest BCUT2D eigenvalue weighted by molar-refractivity contribution is 0.276. The molecule has 0 aromatic carbocycles. The van der Waals surface area contributed by atoms with Crippen LogP contribution in [0.15, 0.2) is 6.07 Å². The highest BCUT2D eigenvalue weighted by molar-refractivity contribution is 5.14. The van der Waals surface area contributed by atoms with E-state index in [4.69, 9.17) is 5.11 Å². The Bertz CT molecular complexity index is 240. The zero-order valence-corrected chi connectivity index (χ0v) is 6.38. The zero-order chi connectivity index (χ0) is 7.68. The van der Waals surface area contributed by atoms with Crippen LogP contribution in [0.3, 0.4) is 0 Å². The van der Waals surface area contributed by atoms with Crippen LogP contribution in [0.25, 0.3) is 0 Å². The van der Waals surface area contributed by atoms with Crippen LogP contribution in [-0.4, -0.2) is 15.3 Å². The molecule has 1 heterocycles. The van der Waals surface area contributed by atoms with E-state index in [0.717, 1.165) is 11.4 Å². The van der Waals surface area contributed by atoms with Crippen molar-refractivity contribution in [3.63, 3.8) is 0 Å². The summed E-state index contributed by atoms with van der Waals surface area (Å²) in [6.45, 7) is 0.0692. The van der Waals surface area contributed by atoms with E-state index in [0.29, 0.717) is 5.92 Å². The number of rotatable bonds is 2. The quantitative estimate of drug-likeness (QED) is 0.668. The zero-order valence-electron chi connectivity index (χ0n) is 6.38. The Morgan fingerprint density at radius 3 is 2.91 bits per heavy atom.